The standard InChI is InChI=1S/C16H21NO2/c1-2-14(11-18)17-15-8-13(9-16(19)10-15)12-6-4-3-5-7-12/h3-7,10,13-14,17-18H,2,8-9,11H2,1H3. The summed E-state index contributed by atoms with van der Waals surface area (Å²) in [6.45, 7) is 2.12. The Morgan fingerprint density at radius 2 is 2.05 bits per heavy atom. The van der Waals surface area contributed by atoms with Crippen molar-refractivity contribution in [2.75, 3.05) is 6.61 Å². The third kappa shape index (κ3) is 3.67. The molecule has 0 aliphatic heterocycles. The zero-order valence-corrected chi connectivity index (χ0v) is 11.3. The Balaban J connectivity index is 2.08. The van der Waals surface area contributed by atoms with Crippen LogP contribution in [0.1, 0.15) is 37.7 Å². The van der Waals surface area contributed by atoms with Gasteiger partial charge in [-0.15, -0.1) is 0 Å². The highest BCUT2D eigenvalue weighted by Gasteiger charge is 2.22. The van der Waals surface area contributed by atoms with E-state index < -0.39 is 0 Å². The summed E-state index contributed by atoms with van der Waals surface area (Å²) in [7, 11) is 0. The van der Waals surface area contributed by atoms with Gasteiger partial charge in [0.1, 0.15) is 0 Å². The van der Waals surface area contributed by atoms with Gasteiger partial charge in [0, 0.05) is 24.2 Å². The Morgan fingerprint density at radius 3 is 2.68 bits per heavy atom. The second-order valence-corrected chi connectivity index (χ2v) is 5.08. The van der Waals surface area contributed by atoms with Crippen molar-refractivity contribution in [3.05, 3.63) is 47.7 Å². The highest BCUT2D eigenvalue weighted by Crippen LogP contribution is 2.30. The summed E-state index contributed by atoms with van der Waals surface area (Å²) < 4.78 is 0. The molecule has 0 spiro atoms. The largest absolute Gasteiger partial charge is 0.394 e. The fourth-order valence-corrected chi connectivity index (χ4v) is 2.49. The van der Waals surface area contributed by atoms with Gasteiger partial charge in [-0.3, -0.25) is 4.79 Å². The Labute approximate surface area is 114 Å². The first-order valence-electron chi connectivity index (χ1n) is 6.88. The number of aliphatic hydroxyl groups is 1. The summed E-state index contributed by atoms with van der Waals surface area (Å²) in [5.74, 6) is 0.410. The Bertz CT molecular complexity index is 449. The summed E-state index contributed by atoms with van der Waals surface area (Å²) in [5, 5.41) is 12.5. The Morgan fingerprint density at radius 1 is 1.32 bits per heavy atom. The van der Waals surface area contributed by atoms with Gasteiger partial charge in [-0.1, -0.05) is 37.3 Å². The molecular formula is C16H21NO2. The molecule has 1 aliphatic carbocycles. The Kier molecular flexibility index (Phi) is 4.74. The molecule has 3 nitrogen and oxygen atoms in total. The summed E-state index contributed by atoms with van der Waals surface area (Å²) in [5.41, 5.74) is 2.16. The monoisotopic (exact) mass is 259 g/mol. The van der Waals surface area contributed by atoms with Gasteiger partial charge in [-0.25, -0.2) is 0 Å². The van der Waals surface area contributed by atoms with Gasteiger partial charge in [-0.2, -0.15) is 0 Å². The number of ketones is 1. The van der Waals surface area contributed by atoms with Gasteiger partial charge in [0.05, 0.1) is 6.61 Å². The molecule has 1 aliphatic rings. The van der Waals surface area contributed by atoms with Crippen LogP contribution in [0.3, 0.4) is 0 Å². The number of hydrogen-bond acceptors (Lipinski definition) is 3. The number of aliphatic hydroxyl groups excluding tert-OH is 1. The van der Waals surface area contributed by atoms with Crippen molar-refractivity contribution in [2.24, 2.45) is 0 Å². The van der Waals surface area contributed by atoms with Crippen LogP contribution >= 0.6 is 0 Å². The molecule has 0 radical (unpaired) electrons. The van der Waals surface area contributed by atoms with Crippen LogP contribution in [0.4, 0.5) is 0 Å². The number of rotatable bonds is 5. The van der Waals surface area contributed by atoms with E-state index in [1.165, 1.54) is 5.56 Å². The van der Waals surface area contributed by atoms with E-state index in [0.717, 1.165) is 18.5 Å². The average molecular weight is 259 g/mol. The molecule has 2 N–H and O–H groups in total. The highest BCUT2D eigenvalue weighted by atomic mass is 16.3. The first kappa shape index (κ1) is 13.8. The molecule has 0 heterocycles. The van der Waals surface area contributed by atoms with Crippen molar-refractivity contribution >= 4 is 5.78 Å². The van der Waals surface area contributed by atoms with Crippen LogP contribution in [-0.4, -0.2) is 23.5 Å². The molecule has 0 bridgehead atoms. The molecule has 1 aromatic rings. The molecular weight excluding hydrogens is 238 g/mol. The van der Waals surface area contributed by atoms with Crippen LogP contribution in [0.2, 0.25) is 0 Å². The van der Waals surface area contributed by atoms with Crippen LogP contribution in [0.5, 0.6) is 0 Å². The second-order valence-electron chi connectivity index (χ2n) is 5.08. The van der Waals surface area contributed by atoms with Crippen molar-refractivity contribution in [1.82, 2.24) is 5.32 Å². The van der Waals surface area contributed by atoms with E-state index in [-0.39, 0.29) is 24.3 Å². The smallest absolute Gasteiger partial charge is 0.158 e. The second kappa shape index (κ2) is 6.53. The molecule has 2 atom stereocenters. The topological polar surface area (TPSA) is 49.3 Å². The Hall–Kier alpha value is -1.61. The van der Waals surface area contributed by atoms with Gasteiger partial charge in [0.25, 0.3) is 0 Å². The molecule has 0 fully saturated rings. The van der Waals surface area contributed by atoms with Gasteiger partial charge in [0.15, 0.2) is 5.78 Å². The number of hydrogen-bond donors (Lipinski definition) is 2. The fourth-order valence-electron chi connectivity index (χ4n) is 2.49. The quantitative estimate of drug-likeness (QED) is 0.853. The van der Waals surface area contributed by atoms with Crippen LogP contribution in [-0.2, 0) is 4.79 Å². The highest BCUT2D eigenvalue weighted by molar-refractivity contribution is 5.91. The van der Waals surface area contributed by atoms with Gasteiger partial charge in [0.2, 0.25) is 0 Å². The fraction of sp³-hybridized carbons (Fsp3) is 0.438. The molecule has 102 valence electrons. The van der Waals surface area contributed by atoms with E-state index in [0.29, 0.717) is 6.42 Å². The van der Waals surface area contributed by atoms with Crippen molar-refractivity contribution in [3.63, 3.8) is 0 Å². The van der Waals surface area contributed by atoms with E-state index in [2.05, 4.69) is 17.4 Å². The maximum atomic E-state index is 11.8. The molecule has 19 heavy (non-hydrogen) atoms. The van der Waals surface area contributed by atoms with Crippen LogP contribution in [0.25, 0.3) is 0 Å². The maximum Gasteiger partial charge on any atom is 0.158 e. The average Bonchev–Trinajstić information content (AvgIpc) is 2.45. The molecule has 3 heteroatoms. The zero-order chi connectivity index (χ0) is 13.7. The van der Waals surface area contributed by atoms with Crippen molar-refractivity contribution in [1.29, 1.82) is 0 Å². The van der Waals surface area contributed by atoms with E-state index in [1.54, 1.807) is 6.08 Å². The van der Waals surface area contributed by atoms with Crippen molar-refractivity contribution in [2.45, 2.75) is 38.1 Å². The van der Waals surface area contributed by atoms with Crippen LogP contribution in [0, 0.1) is 0 Å². The molecule has 1 aromatic carbocycles. The predicted molar refractivity (Wildman–Crippen MR) is 75.8 cm³/mol. The lowest BCUT2D eigenvalue weighted by Crippen LogP contribution is -2.33. The lowest BCUT2D eigenvalue weighted by molar-refractivity contribution is -0.115. The van der Waals surface area contributed by atoms with Crippen molar-refractivity contribution < 1.29 is 9.90 Å². The van der Waals surface area contributed by atoms with Gasteiger partial charge < -0.3 is 10.4 Å². The number of carbonyl (C=O) groups excluding carboxylic acids is 1. The number of allylic oxidation sites excluding steroid dienone is 2. The molecule has 2 rings (SSSR count). The van der Waals surface area contributed by atoms with Crippen LogP contribution < -0.4 is 5.32 Å². The SMILES string of the molecule is CCC(CO)NC1=CC(=O)CC(c2ccccc2)C1. The van der Waals surface area contributed by atoms with E-state index in [1.807, 2.05) is 25.1 Å². The molecule has 2 unspecified atom stereocenters. The van der Waals surface area contributed by atoms with Gasteiger partial charge in [-0.05, 0) is 24.3 Å². The summed E-state index contributed by atoms with van der Waals surface area (Å²) in [6, 6.07) is 10.2. The minimum atomic E-state index is 0.0357. The van der Waals surface area contributed by atoms with Crippen LogP contribution in [0.15, 0.2) is 42.1 Å². The third-order valence-corrected chi connectivity index (χ3v) is 3.62. The van der Waals surface area contributed by atoms with Gasteiger partial charge >= 0.3 is 0 Å². The number of carbonyl (C=O) groups is 1. The first-order chi connectivity index (χ1) is 9.22. The van der Waals surface area contributed by atoms with E-state index in [9.17, 15) is 9.90 Å². The maximum absolute atomic E-state index is 11.8. The summed E-state index contributed by atoms with van der Waals surface area (Å²) in [6.07, 6.45) is 3.95. The number of nitrogens with one attached hydrogen (secondary N) is 1. The predicted octanol–water partition coefficient (Wildman–Crippen LogP) is 2.38. The normalized spacial score (nSPS) is 20.8. The van der Waals surface area contributed by atoms with Crippen molar-refractivity contribution in [3.8, 4) is 0 Å². The van der Waals surface area contributed by atoms with E-state index in [4.69, 9.17) is 0 Å². The zero-order valence-electron chi connectivity index (χ0n) is 11.3. The minimum Gasteiger partial charge on any atom is -0.394 e. The lowest BCUT2D eigenvalue weighted by atomic mass is 9.85. The number of benzene rings is 1. The molecule has 0 amide bonds. The van der Waals surface area contributed by atoms with E-state index >= 15 is 0 Å². The summed E-state index contributed by atoms with van der Waals surface area (Å²) in [4.78, 5) is 11.8. The summed E-state index contributed by atoms with van der Waals surface area (Å²) >= 11 is 0. The molecule has 0 saturated carbocycles. The first-order valence-corrected chi connectivity index (χ1v) is 6.88. The molecule has 0 saturated heterocycles. The minimum absolute atomic E-state index is 0.0357. The third-order valence-electron chi connectivity index (χ3n) is 3.62. The molecule has 0 aromatic heterocycles. The lowest BCUT2D eigenvalue weighted by Gasteiger charge is -2.26.